The summed E-state index contributed by atoms with van der Waals surface area (Å²) < 4.78 is 0. The van der Waals surface area contributed by atoms with Gasteiger partial charge < -0.3 is 11.1 Å². The lowest BCUT2D eigenvalue weighted by Gasteiger charge is -2.10. The fourth-order valence-corrected chi connectivity index (χ4v) is 1.92. The Kier molecular flexibility index (Phi) is 3.85. The van der Waals surface area contributed by atoms with Crippen LogP contribution in [0.3, 0.4) is 0 Å². The van der Waals surface area contributed by atoms with Crippen LogP contribution in [0.5, 0.6) is 0 Å². The largest absolute Gasteiger partial charge is 0.381 e. The highest BCUT2D eigenvalue weighted by atomic mass is 16.1. The van der Waals surface area contributed by atoms with Crippen molar-refractivity contribution in [2.24, 2.45) is 5.73 Å². The fraction of sp³-hybridized carbons (Fsp3) is 0.188. The summed E-state index contributed by atoms with van der Waals surface area (Å²) in [6, 6.07) is 13.8. The molecule has 2 aromatic carbocycles. The van der Waals surface area contributed by atoms with Gasteiger partial charge in [0.05, 0.1) is 0 Å². The van der Waals surface area contributed by atoms with Gasteiger partial charge in [0.2, 0.25) is 5.91 Å². The minimum absolute atomic E-state index is 0.388. The number of hydrogen-bond donors (Lipinski definition) is 2. The van der Waals surface area contributed by atoms with E-state index in [2.05, 4.69) is 36.5 Å². The van der Waals surface area contributed by atoms with Crippen LogP contribution in [-0.2, 0) is 6.54 Å². The van der Waals surface area contributed by atoms with E-state index in [0.29, 0.717) is 5.56 Å². The summed E-state index contributed by atoms with van der Waals surface area (Å²) in [4.78, 5) is 11.1. The Balaban J connectivity index is 2.07. The minimum Gasteiger partial charge on any atom is -0.381 e. The Morgan fingerprint density at radius 1 is 1.11 bits per heavy atom. The molecule has 0 saturated carbocycles. The predicted molar refractivity (Wildman–Crippen MR) is 78.2 cm³/mol. The first-order valence-electron chi connectivity index (χ1n) is 6.26. The average molecular weight is 254 g/mol. The highest BCUT2D eigenvalue weighted by molar-refractivity contribution is 5.93. The van der Waals surface area contributed by atoms with Gasteiger partial charge in [0.15, 0.2) is 0 Å². The number of amides is 1. The number of benzene rings is 2. The molecule has 3 heteroatoms. The standard InChI is InChI=1S/C16H18N2O/c1-11-3-7-15(8-4-11)18-10-14-6-5-13(16(17)19)9-12(14)2/h3-9,18H,10H2,1-2H3,(H2,17,19). The third-order valence-electron chi connectivity index (χ3n) is 3.16. The molecule has 3 nitrogen and oxygen atoms in total. The van der Waals surface area contributed by atoms with E-state index in [-0.39, 0.29) is 5.91 Å². The first kappa shape index (κ1) is 13.1. The van der Waals surface area contributed by atoms with Crippen molar-refractivity contribution >= 4 is 11.6 Å². The van der Waals surface area contributed by atoms with Crippen molar-refractivity contribution in [1.82, 2.24) is 0 Å². The van der Waals surface area contributed by atoms with Crippen molar-refractivity contribution in [3.05, 3.63) is 64.7 Å². The van der Waals surface area contributed by atoms with E-state index in [4.69, 9.17) is 5.73 Å². The topological polar surface area (TPSA) is 55.1 Å². The van der Waals surface area contributed by atoms with Crippen LogP contribution in [-0.4, -0.2) is 5.91 Å². The Labute approximate surface area is 113 Å². The van der Waals surface area contributed by atoms with Gasteiger partial charge in [0, 0.05) is 17.8 Å². The van der Waals surface area contributed by atoms with E-state index in [0.717, 1.165) is 23.4 Å². The molecule has 0 saturated heterocycles. The quantitative estimate of drug-likeness (QED) is 0.881. The zero-order chi connectivity index (χ0) is 13.8. The summed E-state index contributed by atoms with van der Waals surface area (Å²) in [5, 5.41) is 3.36. The maximum absolute atomic E-state index is 11.1. The van der Waals surface area contributed by atoms with E-state index >= 15 is 0 Å². The van der Waals surface area contributed by atoms with Crippen LogP contribution in [0.4, 0.5) is 5.69 Å². The molecule has 0 aliphatic rings. The first-order chi connectivity index (χ1) is 9.06. The maximum Gasteiger partial charge on any atom is 0.248 e. The lowest BCUT2D eigenvalue weighted by molar-refractivity contribution is 0.1000. The number of nitrogens with one attached hydrogen (secondary N) is 1. The highest BCUT2D eigenvalue weighted by Crippen LogP contribution is 2.14. The van der Waals surface area contributed by atoms with E-state index in [1.54, 1.807) is 6.07 Å². The van der Waals surface area contributed by atoms with Gasteiger partial charge in [-0.15, -0.1) is 0 Å². The van der Waals surface area contributed by atoms with Gasteiger partial charge in [0.1, 0.15) is 0 Å². The number of rotatable bonds is 4. The average Bonchev–Trinajstić information content (AvgIpc) is 2.39. The number of carbonyl (C=O) groups is 1. The highest BCUT2D eigenvalue weighted by Gasteiger charge is 2.04. The zero-order valence-electron chi connectivity index (χ0n) is 11.2. The van der Waals surface area contributed by atoms with Gasteiger partial charge in [-0.25, -0.2) is 0 Å². The lowest BCUT2D eigenvalue weighted by atomic mass is 10.0. The molecule has 0 atom stereocenters. The Morgan fingerprint density at radius 2 is 1.79 bits per heavy atom. The number of primary amides is 1. The molecular formula is C16H18N2O. The van der Waals surface area contributed by atoms with Crippen LogP contribution in [0.15, 0.2) is 42.5 Å². The summed E-state index contributed by atoms with van der Waals surface area (Å²) in [5.41, 5.74) is 10.4. The molecule has 98 valence electrons. The molecule has 0 heterocycles. The molecule has 0 aromatic heterocycles. The van der Waals surface area contributed by atoms with E-state index in [1.807, 2.05) is 19.1 Å². The minimum atomic E-state index is -0.388. The van der Waals surface area contributed by atoms with E-state index in [9.17, 15) is 4.79 Å². The molecule has 19 heavy (non-hydrogen) atoms. The summed E-state index contributed by atoms with van der Waals surface area (Å²) in [5.74, 6) is -0.388. The smallest absolute Gasteiger partial charge is 0.248 e. The summed E-state index contributed by atoms with van der Waals surface area (Å²) in [7, 11) is 0. The van der Waals surface area contributed by atoms with Crippen LogP contribution >= 0.6 is 0 Å². The molecule has 2 rings (SSSR count). The lowest BCUT2D eigenvalue weighted by Crippen LogP contribution is -2.11. The predicted octanol–water partition coefficient (Wildman–Crippen LogP) is 3.01. The third-order valence-corrected chi connectivity index (χ3v) is 3.16. The molecule has 0 aliphatic heterocycles. The van der Waals surface area contributed by atoms with E-state index < -0.39 is 0 Å². The van der Waals surface area contributed by atoms with E-state index in [1.165, 1.54) is 5.56 Å². The van der Waals surface area contributed by atoms with Crippen LogP contribution in [0.1, 0.15) is 27.0 Å². The molecule has 0 aliphatic carbocycles. The summed E-state index contributed by atoms with van der Waals surface area (Å²) in [6.07, 6.45) is 0. The molecule has 2 aromatic rings. The Hall–Kier alpha value is -2.29. The van der Waals surface area contributed by atoms with Crippen LogP contribution in [0.2, 0.25) is 0 Å². The van der Waals surface area contributed by atoms with Crippen molar-refractivity contribution in [2.75, 3.05) is 5.32 Å². The number of carbonyl (C=O) groups excluding carboxylic acids is 1. The van der Waals surface area contributed by atoms with Crippen LogP contribution < -0.4 is 11.1 Å². The Bertz CT molecular complexity index is 588. The molecule has 0 radical (unpaired) electrons. The van der Waals surface area contributed by atoms with Crippen molar-refractivity contribution in [3.8, 4) is 0 Å². The van der Waals surface area contributed by atoms with Crippen molar-refractivity contribution in [2.45, 2.75) is 20.4 Å². The number of nitrogens with two attached hydrogens (primary N) is 1. The summed E-state index contributed by atoms with van der Waals surface area (Å²) >= 11 is 0. The summed E-state index contributed by atoms with van der Waals surface area (Å²) in [6.45, 7) is 4.78. The second-order valence-corrected chi connectivity index (χ2v) is 4.73. The number of hydrogen-bond acceptors (Lipinski definition) is 2. The van der Waals surface area contributed by atoms with Crippen molar-refractivity contribution in [3.63, 3.8) is 0 Å². The molecule has 0 spiro atoms. The molecule has 3 N–H and O–H groups in total. The van der Waals surface area contributed by atoms with Gasteiger partial charge in [-0.3, -0.25) is 4.79 Å². The zero-order valence-corrected chi connectivity index (χ0v) is 11.2. The second kappa shape index (κ2) is 5.57. The van der Waals surface area contributed by atoms with Crippen molar-refractivity contribution in [1.29, 1.82) is 0 Å². The maximum atomic E-state index is 11.1. The van der Waals surface area contributed by atoms with Crippen LogP contribution in [0, 0.1) is 13.8 Å². The number of aryl methyl sites for hydroxylation is 2. The van der Waals surface area contributed by atoms with Gasteiger partial charge in [-0.2, -0.15) is 0 Å². The van der Waals surface area contributed by atoms with Gasteiger partial charge in [-0.1, -0.05) is 23.8 Å². The van der Waals surface area contributed by atoms with Gasteiger partial charge in [-0.05, 0) is 49.2 Å². The van der Waals surface area contributed by atoms with Gasteiger partial charge in [0.25, 0.3) is 0 Å². The van der Waals surface area contributed by atoms with Crippen molar-refractivity contribution < 1.29 is 4.79 Å². The van der Waals surface area contributed by atoms with Crippen LogP contribution in [0.25, 0.3) is 0 Å². The SMILES string of the molecule is Cc1ccc(NCc2ccc(C(N)=O)cc2C)cc1. The molecule has 1 amide bonds. The third kappa shape index (κ3) is 3.35. The molecule has 0 unspecified atom stereocenters. The van der Waals surface area contributed by atoms with Gasteiger partial charge >= 0.3 is 0 Å². The Morgan fingerprint density at radius 3 is 2.37 bits per heavy atom. The first-order valence-corrected chi connectivity index (χ1v) is 6.26. The molecular weight excluding hydrogens is 236 g/mol. The molecule has 0 bridgehead atoms. The normalized spacial score (nSPS) is 10.2. The fourth-order valence-electron chi connectivity index (χ4n) is 1.92. The number of anilines is 1. The monoisotopic (exact) mass is 254 g/mol. The second-order valence-electron chi connectivity index (χ2n) is 4.73. The molecule has 0 fully saturated rings.